The lowest BCUT2D eigenvalue weighted by atomic mass is 9.94. The summed E-state index contributed by atoms with van der Waals surface area (Å²) in [6.45, 7) is 2.35. The number of hydrogen-bond donors (Lipinski definition) is 0. The second kappa shape index (κ2) is 13.1. The maximum Gasteiger partial charge on any atom is 0.527 e. The summed E-state index contributed by atoms with van der Waals surface area (Å²) in [7, 11) is 0. The van der Waals surface area contributed by atoms with Crippen molar-refractivity contribution in [2.75, 3.05) is 6.61 Å². The van der Waals surface area contributed by atoms with E-state index < -0.39 is 70.3 Å². The van der Waals surface area contributed by atoms with Crippen LogP contribution in [0, 0.1) is 23.4 Å². The number of benzene rings is 3. The van der Waals surface area contributed by atoms with Gasteiger partial charge >= 0.3 is 24.7 Å². The molecule has 2 unspecified atom stereocenters. The van der Waals surface area contributed by atoms with E-state index in [4.69, 9.17) is 4.74 Å². The highest BCUT2D eigenvalue weighted by molar-refractivity contribution is 5.36. The first-order valence-electron chi connectivity index (χ1n) is 13.2. The summed E-state index contributed by atoms with van der Waals surface area (Å²) in [5, 5.41) is 0. The first-order chi connectivity index (χ1) is 21.3. The molecular formula is C30H22F12O4. The maximum atomic E-state index is 14.8. The average molecular weight is 674 g/mol. The summed E-state index contributed by atoms with van der Waals surface area (Å²) in [6.07, 6.45) is -15.4. The molecule has 16 heteroatoms. The smallest absolute Gasteiger partial charge is 0.429 e. The van der Waals surface area contributed by atoms with Crippen molar-refractivity contribution in [3.8, 4) is 11.5 Å². The molecule has 0 spiro atoms. The average Bonchev–Trinajstić information content (AvgIpc) is 2.91. The van der Waals surface area contributed by atoms with Gasteiger partial charge in [0.2, 0.25) is 0 Å². The Labute approximate surface area is 253 Å². The Balaban J connectivity index is 1.46. The molecule has 1 heterocycles. The minimum absolute atomic E-state index is 0.144. The van der Waals surface area contributed by atoms with Crippen LogP contribution in [0.3, 0.4) is 0 Å². The zero-order valence-corrected chi connectivity index (χ0v) is 23.3. The Morgan fingerprint density at radius 3 is 1.80 bits per heavy atom. The van der Waals surface area contributed by atoms with Gasteiger partial charge in [0.05, 0.1) is 18.3 Å². The van der Waals surface area contributed by atoms with E-state index >= 15 is 0 Å². The molecule has 2 atom stereocenters. The van der Waals surface area contributed by atoms with Crippen LogP contribution in [0.5, 0.6) is 11.5 Å². The molecule has 1 aliphatic heterocycles. The van der Waals surface area contributed by atoms with E-state index in [1.807, 2.05) is 19.1 Å². The fourth-order valence-corrected chi connectivity index (χ4v) is 4.64. The summed E-state index contributed by atoms with van der Waals surface area (Å²) < 4.78 is 182. The highest BCUT2D eigenvalue weighted by Crippen LogP contribution is 2.42. The number of rotatable bonds is 10. The van der Waals surface area contributed by atoms with Crippen molar-refractivity contribution >= 4 is 0 Å². The minimum Gasteiger partial charge on any atom is -0.429 e. The molecule has 46 heavy (non-hydrogen) atoms. The molecule has 1 aliphatic rings. The third kappa shape index (κ3) is 8.26. The van der Waals surface area contributed by atoms with Gasteiger partial charge in [0, 0.05) is 24.1 Å². The molecule has 0 N–H and O–H groups in total. The largest absolute Gasteiger partial charge is 0.527 e. The number of allylic oxidation sites excluding steroid dienone is 1. The van der Waals surface area contributed by atoms with Crippen LogP contribution in [0.25, 0.3) is 0 Å². The number of alkyl halides is 9. The second-order valence-electron chi connectivity index (χ2n) is 10.0. The lowest BCUT2D eigenvalue weighted by Gasteiger charge is -2.28. The minimum atomic E-state index is -6.03. The highest BCUT2D eigenvalue weighted by atomic mass is 19.4. The zero-order chi connectivity index (χ0) is 34.1. The maximum absolute atomic E-state index is 14.8. The molecular weight excluding hydrogens is 652 g/mol. The van der Waals surface area contributed by atoms with Crippen LogP contribution in [-0.2, 0) is 27.8 Å². The summed E-state index contributed by atoms with van der Waals surface area (Å²) >= 11 is 0. The van der Waals surface area contributed by atoms with Gasteiger partial charge in [-0.1, -0.05) is 24.3 Å². The first kappa shape index (κ1) is 34.9. The lowest BCUT2D eigenvalue weighted by molar-refractivity contribution is -0.432. The number of ether oxygens (including phenoxy) is 4. The molecule has 0 radical (unpaired) electrons. The topological polar surface area (TPSA) is 36.9 Å². The summed E-state index contributed by atoms with van der Waals surface area (Å²) in [6, 6.07) is 5.17. The van der Waals surface area contributed by atoms with Gasteiger partial charge in [0.1, 0.15) is 40.1 Å². The highest BCUT2D eigenvalue weighted by Gasteiger charge is 2.50. The van der Waals surface area contributed by atoms with Gasteiger partial charge in [-0.2, -0.15) is 26.3 Å². The van der Waals surface area contributed by atoms with Crippen LogP contribution in [-0.4, -0.2) is 13.0 Å². The van der Waals surface area contributed by atoms with Gasteiger partial charge in [0.15, 0.2) is 0 Å². The molecule has 0 saturated carbocycles. The van der Waals surface area contributed by atoms with Crippen molar-refractivity contribution in [3.05, 3.63) is 106 Å². The number of hydrogen-bond acceptors (Lipinski definition) is 4. The molecule has 0 aliphatic carbocycles. The van der Waals surface area contributed by atoms with Crippen LogP contribution >= 0.6 is 0 Å². The van der Waals surface area contributed by atoms with Crippen molar-refractivity contribution in [1.29, 1.82) is 0 Å². The monoisotopic (exact) mass is 674 g/mol. The molecule has 0 aromatic heterocycles. The van der Waals surface area contributed by atoms with E-state index in [9.17, 15) is 52.7 Å². The van der Waals surface area contributed by atoms with Gasteiger partial charge in [-0.05, 0) is 49.6 Å². The van der Waals surface area contributed by atoms with E-state index in [-0.39, 0.29) is 36.3 Å². The normalized spacial score (nSPS) is 18.2. The Hall–Kier alpha value is -3.92. The Morgan fingerprint density at radius 2 is 1.28 bits per heavy atom. The molecule has 3 aromatic carbocycles. The van der Waals surface area contributed by atoms with Crippen molar-refractivity contribution in [3.63, 3.8) is 0 Å². The standard InChI is InChI=1S/C30H22F12O4/c1-2-3-16-4-11-25(43-15-16)17-5-7-18(8-6-17)27(34,35)44-19-9-10-21(22(31)12-19)28(36,37)45-20-13-23(32)26(24(33)14-20)29(38,39)46-30(40,41)42/h2-3,5-10,12-14,16,25H,4,11,15H2,1H3/b3-2+. The third-order valence-electron chi connectivity index (χ3n) is 6.69. The van der Waals surface area contributed by atoms with Crippen molar-refractivity contribution in [2.45, 2.75) is 50.6 Å². The van der Waals surface area contributed by atoms with E-state index in [0.29, 0.717) is 24.7 Å². The van der Waals surface area contributed by atoms with E-state index in [0.717, 1.165) is 18.6 Å². The zero-order valence-electron chi connectivity index (χ0n) is 23.3. The van der Waals surface area contributed by atoms with Gasteiger partial charge < -0.3 is 14.2 Å². The fourth-order valence-electron chi connectivity index (χ4n) is 4.64. The molecule has 0 bridgehead atoms. The van der Waals surface area contributed by atoms with Crippen LogP contribution < -0.4 is 9.47 Å². The summed E-state index contributed by atoms with van der Waals surface area (Å²) in [4.78, 5) is 0. The van der Waals surface area contributed by atoms with Gasteiger partial charge in [0.25, 0.3) is 0 Å². The third-order valence-corrected chi connectivity index (χ3v) is 6.69. The Morgan fingerprint density at radius 1 is 0.696 bits per heavy atom. The van der Waals surface area contributed by atoms with Crippen LogP contribution in [0.4, 0.5) is 52.7 Å². The molecule has 4 rings (SSSR count). The Kier molecular flexibility index (Phi) is 9.92. The van der Waals surface area contributed by atoms with E-state index in [2.05, 4.69) is 14.2 Å². The molecule has 3 aromatic rings. The predicted octanol–water partition coefficient (Wildman–Crippen LogP) is 9.99. The van der Waals surface area contributed by atoms with Crippen molar-refractivity contribution < 1.29 is 71.6 Å². The Bertz CT molecular complexity index is 1520. The van der Waals surface area contributed by atoms with Crippen LogP contribution in [0.1, 0.15) is 48.1 Å². The predicted molar refractivity (Wildman–Crippen MR) is 136 cm³/mol. The van der Waals surface area contributed by atoms with Gasteiger partial charge in [-0.15, -0.1) is 13.2 Å². The second-order valence-corrected chi connectivity index (χ2v) is 10.0. The molecule has 4 nitrogen and oxygen atoms in total. The summed E-state index contributed by atoms with van der Waals surface area (Å²) in [5.74, 6) is -9.03. The SMILES string of the molecule is C/C=C/C1CCC(c2ccc(C(F)(F)Oc3ccc(C(F)(F)Oc4cc(F)c(C(F)(F)OC(F)(F)F)c(F)c4)c(F)c3)cc2)OC1. The molecule has 1 fully saturated rings. The molecule has 0 amide bonds. The first-order valence-corrected chi connectivity index (χ1v) is 13.2. The van der Waals surface area contributed by atoms with Gasteiger partial charge in [-0.3, -0.25) is 0 Å². The van der Waals surface area contributed by atoms with E-state index in [1.54, 1.807) is 0 Å². The quantitative estimate of drug-likeness (QED) is 0.159. The molecule has 250 valence electrons. The van der Waals surface area contributed by atoms with Crippen LogP contribution in [0.2, 0.25) is 0 Å². The van der Waals surface area contributed by atoms with Crippen LogP contribution in [0.15, 0.2) is 66.7 Å². The fraction of sp³-hybridized carbons (Fsp3) is 0.333. The van der Waals surface area contributed by atoms with Crippen molar-refractivity contribution in [1.82, 2.24) is 0 Å². The molecule has 1 saturated heterocycles. The number of halogens is 12. The van der Waals surface area contributed by atoms with Gasteiger partial charge in [-0.25, -0.2) is 17.9 Å². The van der Waals surface area contributed by atoms with E-state index in [1.165, 1.54) is 12.1 Å². The lowest BCUT2D eigenvalue weighted by Crippen LogP contribution is -2.30. The summed E-state index contributed by atoms with van der Waals surface area (Å²) in [5.41, 5.74) is -4.25. The van der Waals surface area contributed by atoms with Crippen molar-refractivity contribution in [2.24, 2.45) is 5.92 Å².